The van der Waals surface area contributed by atoms with E-state index in [1.165, 1.54) is 0 Å². The van der Waals surface area contributed by atoms with Crippen molar-refractivity contribution < 1.29 is 13.2 Å². The van der Waals surface area contributed by atoms with Gasteiger partial charge in [-0.25, -0.2) is 4.98 Å². The van der Waals surface area contributed by atoms with Gasteiger partial charge in [0, 0.05) is 11.1 Å². The monoisotopic (exact) mass is 233 g/mol. The molecule has 2 rings (SSSR count). The van der Waals surface area contributed by atoms with Crippen molar-refractivity contribution in [3.63, 3.8) is 0 Å². The average molecular weight is 233 g/mol. The minimum Gasteiger partial charge on any atom is -0.282 e. The number of thiazole rings is 1. The van der Waals surface area contributed by atoms with Crippen molar-refractivity contribution in [1.29, 1.82) is 0 Å². The van der Waals surface area contributed by atoms with E-state index >= 15 is 0 Å². The fourth-order valence-electron chi connectivity index (χ4n) is 1.05. The Morgan fingerprint density at radius 1 is 1.40 bits per heavy atom. The van der Waals surface area contributed by atoms with Gasteiger partial charge in [0.2, 0.25) is 0 Å². The molecule has 0 atom stereocenters. The van der Waals surface area contributed by atoms with E-state index in [9.17, 15) is 13.2 Å². The second-order valence-corrected chi connectivity index (χ2v) is 3.83. The predicted octanol–water partition coefficient (Wildman–Crippen LogP) is 2.86. The molecule has 0 radical (unpaired) electrons. The summed E-state index contributed by atoms with van der Waals surface area (Å²) in [5.74, 6) is 0. The van der Waals surface area contributed by atoms with E-state index in [2.05, 4.69) is 15.2 Å². The number of halogens is 3. The standard InChI is InChI=1S/C8H6F3N3S/c1-4-2-5(14-13-4)7-12-6(3-15-7)8(9,10)11/h2-3H,1H3,(H,13,14). The summed E-state index contributed by atoms with van der Waals surface area (Å²) in [6.07, 6.45) is -4.39. The number of nitrogens with one attached hydrogen (secondary N) is 1. The molecule has 0 aliphatic carbocycles. The summed E-state index contributed by atoms with van der Waals surface area (Å²) in [7, 11) is 0. The second kappa shape index (κ2) is 3.34. The number of aryl methyl sites for hydroxylation is 1. The molecule has 7 heteroatoms. The number of rotatable bonds is 1. The van der Waals surface area contributed by atoms with Crippen molar-refractivity contribution in [3.8, 4) is 10.7 Å². The zero-order valence-electron chi connectivity index (χ0n) is 7.59. The van der Waals surface area contributed by atoms with Crippen LogP contribution in [0, 0.1) is 6.92 Å². The SMILES string of the molecule is Cc1cc(-c2nc(C(F)(F)F)cs2)n[nH]1. The van der Waals surface area contributed by atoms with Crippen LogP contribution in [-0.4, -0.2) is 15.2 Å². The third-order valence-corrected chi connectivity index (χ3v) is 2.58. The Bertz CT molecular complexity index is 471. The number of alkyl halides is 3. The summed E-state index contributed by atoms with van der Waals surface area (Å²) in [6, 6.07) is 1.65. The molecule has 0 saturated carbocycles. The van der Waals surface area contributed by atoms with Crippen molar-refractivity contribution in [2.24, 2.45) is 0 Å². The first-order valence-corrected chi connectivity index (χ1v) is 4.90. The number of hydrogen-bond donors (Lipinski definition) is 1. The molecular formula is C8H6F3N3S. The van der Waals surface area contributed by atoms with Gasteiger partial charge < -0.3 is 0 Å². The van der Waals surface area contributed by atoms with Crippen LogP contribution in [0.1, 0.15) is 11.4 Å². The topological polar surface area (TPSA) is 41.6 Å². The number of aromatic amines is 1. The van der Waals surface area contributed by atoms with Crippen LogP contribution in [0.5, 0.6) is 0 Å². The maximum Gasteiger partial charge on any atom is 0.434 e. The van der Waals surface area contributed by atoms with E-state index < -0.39 is 11.9 Å². The predicted molar refractivity (Wildman–Crippen MR) is 49.4 cm³/mol. The van der Waals surface area contributed by atoms with Crippen LogP contribution in [0.4, 0.5) is 13.2 Å². The van der Waals surface area contributed by atoms with Gasteiger partial charge in [0.05, 0.1) is 0 Å². The molecule has 3 nitrogen and oxygen atoms in total. The van der Waals surface area contributed by atoms with Crippen LogP contribution in [0.25, 0.3) is 10.7 Å². The Hall–Kier alpha value is -1.37. The molecule has 0 aromatic carbocycles. The van der Waals surface area contributed by atoms with E-state index in [0.29, 0.717) is 5.69 Å². The molecule has 80 valence electrons. The normalized spacial score (nSPS) is 12.0. The molecule has 15 heavy (non-hydrogen) atoms. The van der Waals surface area contributed by atoms with Gasteiger partial charge in [0.15, 0.2) is 5.69 Å². The van der Waals surface area contributed by atoms with Crippen molar-refractivity contribution in [1.82, 2.24) is 15.2 Å². The highest BCUT2D eigenvalue weighted by atomic mass is 32.1. The zero-order valence-corrected chi connectivity index (χ0v) is 8.41. The lowest BCUT2D eigenvalue weighted by Crippen LogP contribution is -2.04. The molecule has 2 heterocycles. The van der Waals surface area contributed by atoms with Crippen molar-refractivity contribution in [2.45, 2.75) is 13.1 Å². The molecule has 0 saturated heterocycles. The molecule has 2 aromatic heterocycles. The molecule has 0 bridgehead atoms. The van der Waals surface area contributed by atoms with Gasteiger partial charge in [0.1, 0.15) is 10.7 Å². The van der Waals surface area contributed by atoms with Crippen LogP contribution in [0.2, 0.25) is 0 Å². The van der Waals surface area contributed by atoms with E-state index in [1.54, 1.807) is 13.0 Å². The average Bonchev–Trinajstić information content (AvgIpc) is 2.69. The van der Waals surface area contributed by atoms with Gasteiger partial charge in [-0.3, -0.25) is 5.10 Å². The molecule has 0 spiro atoms. The molecule has 0 unspecified atom stereocenters. The fourth-order valence-corrected chi connectivity index (χ4v) is 1.84. The summed E-state index contributed by atoms with van der Waals surface area (Å²) in [6.45, 7) is 1.77. The lowest BCUT2D eigenvalue weighted by atomic mass is 10.4. The molecular weight excluding hydrogens is 227 g/mol. The highest BCUT2D eigenvalue weighted by Gasteiger charge is 2.33. The van der Waals surface area contributed by atoms with Crippen molar-refractivity contribution in [2.75, 3.05) is 0 Å². The van der Waals surface area contributed by atoms with Gasteiger partial charge >= 0.3 is 6.18 Å². The van der Waals surface area contributed by atoms with Gasteiger partial charge in [-0.1, -0.05) is 0 Å². The Balaban J connectivity index is 2.36. The van der Waals surface area contributed by atoms with E-state index in [0.717, 1.165) is 22.4 Å². The minimum absolute atomic E-state index is 0.270. The summed E-state index contributed by atoms with van der Waals surface area (Å²) in [5, 5.41) is 7.74. The smallest absolute Gasteiger partial charge is 0.282 e. The fraction of sp³-hybridized carbons (Fsp3) is 0.250. The summed E-state index contributed by atoms with van der Waals surface area (Å²) < 4.78 is 36.7. The maximum absolute atomic E-state index is 12.2. The van der Waals surface area contributed by atoms with Crippen LogP contribution in [-0.2, 0) is 6.18 Å². The minimum atomic E-state index is -4.39. The summed E-state index contributed by atoms with van der Waals surface area (Å²) in [5.41, 5.74) is 0.352. The number of H-pyrrole nitrogens is 1. The van der Waals surface area contributed by atoms with Crippen molar-refractivity contribution in [3.05, 3.63) is 22.8 Å². The third kappa shape index (κ3) is 2.01. The second-order valence-electron chi connectivity index (χ2n) is 2.97. The molecule has 2 aromatic rings. The van der Waals surface area contributed by atoms with E-state index in [1.807, 2.05) is 0 Å². The third-order valence-electron chi connectivity index (χ3n) is 1.72. The highest BCUT2D eigenvalue weighted by Crippen LogP contribution is 2.32. The zero-order chi connectivity index (χ0) is 11.1. The Kier molecular flexibility index (Phi) is 2.26. The van der Waals surface area contributed by atoms with E-state index in [-0.39, 0.29) is 5.01 Å². The Morgan fingerprint density at radius 2 is 2.13 bits per heavy atom. The molecule has 0 aliphatic heterocycles. The van der Waals surface area contributed by atoms with Crippen LogP contribution < -0.4 is 0 Å². The van der Waals surface area contributed by atoms with Crippen molar-refractivity contribution >= 4 is 11.3 Å². The quantitative estimate of drug-likeness (QED) is 0.822. The molecule has 0 amide bonds. The Morgan fingerprint density at radius 3 is 2.60 bits per heavy atom. The molecule has 0 aliphatic rings. The largest absolute Gasteiger partial charge is 0.434 e. The number of nitrogens with zero attached hydrogens (tertiary/aromatic N) is 2. The highest BCUT2D eigenvalue weighted by molar-refractivity contribution is 7.13. The summed E-state index contributed by atoms with van der Waals surface area (Å²) in [4.78, 5) is 3.48. The maximum atomic E-state index is 12.2. The van der Waals surface area contributed by atoms with Crippen LogP contribution in [0.3, 0.4) is 0 Å². The lowest BCUT2D eigenvalue weighted by Gasteiger charge is -1.99. The van der Waals surface area contributed by atoms with E-state index in [4.69, 9.17) is 0 Å². The molecule has 0 fully saturated rings. The first-order chi connectivity index (χ1) is 6.97. The first-order valence-electron chi connectivity index (χ1n) is 4.02. The van der Waals surface area contributed by atoms with Gasteiger partial charge in [-0.05, 0) is 13.0 Å². The lowest BCUT2D eigenvalue weighted by molar-refractivity contribution is -0.140. The van der Waals surface area contributed by atoms with Crippen LogP contribution in [0.15, 0.2) is 11.4 Å². The van der Waals surface area contributed by atoms with Gasteiger partial charge in [0.25, 0.3) is 0 Å². The number of hydrogen-bond acceptors (Lipinski definition) is 3. The van der Waals surface area contributed by atoms with Crippen LogP contribution >= 0.6 is 11.3 Å². The van der Waals surface area contributed by atoms with Gasteiger partial charge in [-0.15, -0.1) is 11.3 Å². The molecule has 1 N–H and O–H groups in total. The first kappa shape index (κ1) is 10.2. The van der Waals surface area contributed by atoms with Gasteiger partial charge in [-0.2, -0.15) is 18.3 Å². The summed E-state index contributed by atoms with van der Waals surface area (Å²) >= 11 is 0.929. The Labute approximate surface area is 87.0 Å². The number of aromatic nitrogens is 3.